The molecule has 2 aromatic rings. The number of alkyl halides is 6. The summed E-state index contributed by atoms with van der Waals surface area (Å²) >= 11 is -0.511. The maximum absolute atomic E-state index is 12.7. The number of halogens is 6. The maximum atomic E-state index is 12.7. The second-order valence-electron chi connectivity index (χ2n) is 4.52. The predicted octanol–water partition coefficient (Wildman–Crippen LogP) is 4.25. The van der Waals surface area contributed by atoms with Gasteiger partial charge in [-0.3, -0.25) is 0 Å². The fourth-order valence-electron chi connectivity index (χ4n) is 1.75. The molecule has 0 bridgehead atoms. The van der Waals surface area contributed by atoms with Gasteiger partial charge in [-0.2, -0.15) is 0 Å². The van der Waals surface area contributed by atoms with Crippen molar-refractivity contribution in [1.82, 2.24) is 0 Å². The number of hydrogen-bond acceptors (Lipinski definition) is 0. The van der Waals surface area contributed by atoms with Crippen LogP contribution in [0.5, 0.6) is 0 Å². The summed E-state index contributed by atoms with van der Waals surface area (Å²) in [5, 5.41) is 0.437. The SMILES string of the molecule is FC(F)(F)c1cc([Se]Cc2ccccc2)cc(C(F)(F)F)c1. The van der Waals surface area contributed by atoms with Gasteiger partial charge in [-0.05, 0) is 0 Å². The zero-order valence-electron chi connectivity index (χ0n) is 11.0. The van der Waals surface area contributed by atoms with Crippen molar-refractivity contribution in [2.24, 2.45) is 0 Å². The van der Waals surface area contributed by atoms with Crippen LogP contribution in [-0.4, -0.2) is 15.0 Å². The Morgan fingerprint density at radius 1 is 0.727 bits per heavy atom. The second-order valence-corrected chi connectivity index (χ2v) is 6.72. The van der Waals surface area contributed by atoms with E-state index in [2.05, 4.69) is 0 Å². The molecule has 0 radical (unpaired) electrons. The van der Waals surface area contributed by atoms with Crippen molar-refractivity contribution >= 4 is 19.4 Å². The quantitative estimate of drug-likeness (QED) is 0.549. The van der Waals surface area contributed by atoms with Crippen LogP contribution < -0.4 is 4.46 Å². The van der Waals surface area contributed by atoms with Gasteiger partial charge in [0.1, 0.15) is 0 Å². The molecule has 0 nitrogen and oxygen atoms in total. The molecule has 0 saturated carbocycles. The molecule has 0 spiro atoms. The van der Waals surface area contributed by atoms with E-state index in [0.29, 0.717) is 5.32 Å². The summed E-state index contributed by atoms with van der Waals surface area (Å²) in [5.74, 6) is 0. The number of rotatable bonds is 3. The summed E-state index contributed by atoms with van der Waals surface area (Å²) in [6, 6.07) is 10.7. The Hall–Kier alpha value is -1.46. The molecule has 0 fully saturated rings. The van der Waals surface area contributed by atoms with Crippen LogP contribution in [-0.2, 0) is 17.7 Å². The van der Waals surface area contributed by atoms with Gasteiger partial charge in [0, 0.05) is 0 Å². The fourth-order valence-corrected chi connectivity index (χ4v) is 3.74. The molecule has 0 amide bonds. The number of hydrogen-bond donors (Lipinski definition) is 0. The molecular weight excluding hydrogens is 373 g/mol. The van der Waals surface area contributed by atoms with E-state index in [0.717, 1.165) is 17.7 Å². The van der Waals surface area contributed by atoms with Crippen LogP contribution in [0.15, 0.2) is 48.5 Å². The van der Waals surface area contributed by atoms with Gasteiger partial charge in [-0.15, -0.1) is 0 Å². The van der Waals surface area contributed by atoms with Crippen molar-refractivity contribution in [3.8, 4) is 0 Å². The Balaban J connectivity index is 2.30. The van der Waals surface area contributed by atoms with Gasteiger partial charge in [0.05, 0.1) is 0 Å². The Bertz CT molecular complexity index is 598. The molecule has 22 heavy (non-hydrogen) atoms. The van der Waals surface area contributed by atoms with E-state index in [4.69, 9.17) is 0 Å². The monoisotopic (exact) mass is 384 g/mol. The standard InChI is InChI=1S/C15H10F6Se/c16-14(17,18)11-6-12(15(19,20)21)8-13(7-11)22-9-10-4-2-1-3-5-10/h1-8H,9H2. The first-order valence-electron chi connectivity index (χ1n) is 6.12. The molecule has 2 aromatic carbocycles. The summed E-state index contributed by atoms with van der Waals surface area (Å²) in [6.07, 6.45) is -9.59. The summed E-state index contributed by atoms with van der Waals surface area (Å²) < 4.78 is 76.5. The van der Waals surface area contributed by atoms with E-state index in [1.165, 1.54) is 0 Å². The summed E-state index contributed by atoms with van der Waals surface area (Å²) in [6.45, 7) is 0. The van der Waals surface area contributed by atoms with Crippen LogP contribution in [0.25, 0.3) is 0 Å². The van der Waals surface area contributed by atoms with E-state index in [1.807, 2.05) is 0 Å². The molecule has 0 aliphatic carbocycles. The molecule has 0 N–H and O–H groups in total. The van der Waals surface area contributed by atoms with Crippen LogP contribution in [0.2, 0.25) is 0 Å². The Labute approximate surface area is 129 Å². The zero-order valence-corrected chi connectivity index (χ0v) is 12.7. The molecule has 0 atom stereocenters. The normalized spacial score (nSPS) is 12.5. The topological polar surface area (TPSA) is 0 Å². The third-order valence-corrected chi connectivity index (χ3v) is 5.01. The van der Waals surface area contributed by atoms with E-state index in [-0.39, 0.29) is 10.5 Å². The molecule has 0 heterocycles. The molecule has 0 aliphatic rings. The Kier molecular flexibility index (Phi) is 4.87. The first-order chi connectivity index (χ1) is 10.2. The van der Waals surface area contributed by atoms with Gasteiger partial charge >= 0.3 is 129 Å². The van der Waals surface area contributed by atoms with Crippen molar-refractivity contribution in [2.45, 2.75) is 17.7 Å². The van der Waals surface area contributed by atoms with Crippen LogP contribution >= 0.6 is 0 Å². The molecule has 0 saturated heterocycles. The molecular formula is C15H10F6Se. The van der Waals surface area contributed by atoms with Crippen LogP contribution in [0.3, 0.4) is 0 Å². The van der Waals surface area contributed by atoms with E-state index >= 15 is 0 Å². The minimum atomic E-state index is -4.79. The predicted molar refractivity (Wildman–Crippen MR) is 72.0 cm³/mol. The Morgan fingerprint density at radius 3 is 1.68 bits per heavy atom. The summed E-state index contributed by atoms with van der Waals surface area (Å²) in [7, 11) is 0. The summed E-state index contributed by atoms with van der Waals surface area (Å²) in [5.41, 5.74) is -1.63. The van der Waals surface area contributed by atoms with Gasteiger partial charge in [0.15, 0.2) is 0 Å². The molecule has 118 valence electrons. The van der Waals surface area contributed by atoms with E-state index in [1.54, 1.807) is 30.3 Å². The van der Waals surface area contributed by atoms with Gasteiger partial charge in [0.2, 0.25) is 0 Å². The minimum absolute atomic E-state index is 0.0819. The van der Waals surface area contributed by atoms with Crippen LogP contribution in [0.4, 0.5) is 26.3 Å². The first kappa shape index (κ1) is 16.9. The average Bonchev–Trinajstić information content (AvgIpc) is 2.44. The molecule has 0 aromatic heterocycles. The van der Waals surface area contributed by atoms with Crippen LogP contribution in [0.1, 0.15) is 16.7 Å². The molecule has 2 rings (SSSR count). The van der Waals surface area contributed by atoms with E-state index < -0.39 is 38.4 Å². The fraction of sp³-hybridized carbons (Fsp3) is 0.200. The van der Waals surface area contributed by atoms with Crippen molar-refractivity contribution in [1.29, 1.82) is 0 Å². The molecule has 0 unspecified atom stereocenters. The summed E-state index contributed by atoms with van der Waals surface area (Å²) in [4.78, 5) is 0. The molecule has 0 aliphatic heterocycles. The van der Waals surface area contributed by atoms with Crippen molar-refractivity contribution in [3.05, 3.63) is 65.2 Å². The second kappa shape index (κ2) is 6.34. The first-order valence-corrected chi connectivity index (χ1v) is 8.19. The zero-order chi connectivity index (χ0) is 16.4. The third kappa shape index (κ3) is 4.52. The van der Waals surface area contributed by atoms with E-state index in [9.17, 15) is 26.3 Å². The van der Waals surface area contributed by atoms with Crippen molar-refractivity contribution < 1.29 is 26.3 Å². The average molecular weight is 383 g/mol. The third-order valence-electron chi connectivity index (χ3n) is 2.81. The van der Waals surface area contributed by atoms with Gasteiger partial charge in [-0.25, -0.2) is 0 Å². The van der Waals surface area contributed by atoms with Gasteiger partial charge in [0.25, 0.3) is 0 Å². The van der Waals surface area contributed by atoms with Gasteiger partial charge in [-0.1, -0.05) is 0 Å². The van der Waals surface area contributed by atoms with Crippen molar-refractivity contribution in [2.75, 3.05) is 0 Å². The Morgan fingerprint density at radius 2 is 1.23 bits per heavy atom. The van der Waals surface area contributed by atoms with Crippen LogP contribution in [0, 0.1) is 0 Å². The molecule has 7 heteroatoms. The van der Waals surface area contributed by atoms with Crippen molar-refractivity contribution in [3.63, 3.8) is 0 Å². The van der Waals surface area contributed by atoms with Gasteiger partial charge < -0.3 is 0 Å². The number of benzene rings is 2.